The van der Waals surface area contributed by atoms with Crippen molar-refractivity contribution in [2.24, 2.45) is 0 Å². The van der Waals surface area contributed by atoms with Crippen molar-refractivity contribution in [3.63, 3.8) is 0 Å². The van der Waals surface area contributed by atoms with Crippen LogP contribution in [0.3, 0.4) is 0 Å². The van der Waals surface area contributed by atoms with Gasteiger partial charge < -0.3 is 0 Å². The highest BCUT2D eigenvalue weighted by atomic mass is 35.5. The van der Waals surface area contributed by atoms with E-state index < -0.39 is 0 Å². The molecule has 0 aliphatic rings. The maximum Gasteiger partial charge on any atom is 0.0499 e. The Hall–Kier alpha value is -0.690. The van der Waals surface area contributed by atoms with Crippen LogP contribution >= 0.6 is 34.8 Å². The molecule has 2 rings (SSSR count). The average molecular weight is 258 g/mol. The van der Waals surface area contributed by atoms with Crippen molar-refractivity contribution in [2.75, 3.05) is 0 Å². The molecule has 0 heterocycles. The van der Waals surface area contributed by atoms with Crippen molar-refractivity contribution in [3.8, 4) is 11.1 Å². The van der Waals surface area contributed by atoms with E-state index in [2.05, 4.69) is 0 Å². The van der Waals surface area contributed by atoms with Gasteiger partial charge in [0.05, 0.1) is 0 Å². The summed E-state index contributed by atoms with van der Waals surface area (Å²) in [5, 5.41) is 1.86. The molecule has 15 heavy (non-hydrogen) atoms. The number of hydrogen-bond acceptors (Lipinski definition) is 0. The van der Waals surface area contributed by atoms with Gasteiger partial charge in [0.15, 0.2) is 0 Å². The van der Waals surface area contributed by atoms with Gasteiger partial charge in [0.25, 0.3) is 0 Å². The maximum absolute atomic E-state index is 6.09. The molecule has 0 nitrogen and oxygen atoms in total. The van der Waals surface area contributed by atoms with Gasteiger partial charge in [-0.25, -0.2) is 0 Å². The van der Waals surface area contributed by atoms with E-state index in [4.69, 9.17) is 34.8 Å². The van der Waals surface area contributed by atoms with Crippen LogP contribution in [-0.4, -0.2) is 0 Å². The summed E-state index contributed by atoms with van der Waals surface area (Å²) in [6.07, 6.45) is 0. The Labute approximate surface area is 103 Å². The molecule has 0 radical (unpaired) electrons. The van der Waals surface area contributed by atoms with Crippen molar-refractivity contribution in [1.82, 2.24) is 0 Å². The summed E-state index contributed by atoms with van der Waals surface area (Å²) < 4.78 is 0. The largest absolute Gasteiger partial charge is 0.0837 e. The number of benzene rings is 2. The molecule has 3 heteroatoms. The third-order valence-corrected chi connectivity index (χ3v) is 3.07. The first-order valence-electron chi connectivity index (χ1n) is 4.39. The SMILES string of the molecule is Clc1ccccc1-c1c(Cl)cccc1Cl. The van der Waals surface area contributed by atoms with Gasteiger partial charge in [-0.05, 0) is 18.2 Å². The monoisotopic (exact) mass is 256 g/mol. The van der Waals surface area contributed by atoms with Gasteiger partial charge in [-0.15, -0.1) is 0 Å². The van der Waals surface area contributed by atoms with Gasteiger partial charge in [-0.1, -0.05) is 59.1 Å². The van der Waals surface area contributed by atoms with Crippen LogP contribution in [0, 0.1) is 0 Å². The summed E-state index contributed by atoms with van der Waals surface area (Å²) in [5.74, 6) is 0. The second-order valence-electron chi connectivity index (χ2n) is 3.08. The van der Waals surface area contributed by atoms with Crippen LogP contribution in [0.2, 0.25) is 15.1 Å². The minimum Gasteiger partial charge on any atom is -0.0837 e. The van der Waals surface area contributed by atoms with Crippen LogP contribution in [0.15, 0.2) is 42.5 Å². The predicted molar refractivity (Wildman–Crippen MR) is 66.9 cm³/mol. The molecule has 0 saturated carbocycles. The Morgan fingerprint density at radius 3 is 1.73 bits per heavy atom. The van der Waals surface area contributed by atoms with Gasteiger partial charge in [0.1, 0.15) is 0 Å². The normalized spacial score (nSPS) is 10.3. The maximum atomic E-state index is 6.09. The lowest BCUT2D eigenvalue weighted by atomic mass is 10.1. The fraction of sp³-hybridized carbons (Fsp3) is 0. The number of rotatable bonds is 1. The molecule has 0 spiro atoms. The smallest absolute Gasteiger partial charge is 0.0499 e. The zero-order valence-corrected chi connectivity index (χ0v) is 9.94. The molecule has 0 atom stereocenters. The second-order valence-corrected chi connectivity index (χ2v) is 4.30. The molecule has 0 aromatic heterocycles. The van der Waals surface area contributed by atoms with Crippen molar-refractivity contribution in [1.29, 1.82) is 0 Å². The highest BCUT2D eigenvalue weighted by Gasteiger charge is 2.10. The molecule has 0 N–H and O–H groups in total. The Balaban J connectivity index is 2.69. The standard InChI is InChI=1S/C12H7Cl3/c13-9-5-2-1-4-8(9)12-10(14)6-3-7-11(12)15/h1-7H. The molecule has 0 aliphatic carbocycles. The molecule has 0 unspecified atom stereocenters. The first-order valence-corrected chi connectivity index (χ1v) is 5.52. The zero-order valence-electron chi connectivity index (χ0n) is 7.68. The fourth-order valence-electron chi connectivity index (χ4n) is 1.42. The minimum atomic E-state index is 0.607. The molecule has 0 saturated heterocycles. The van der Waals surface area contributed by atoms with Crippen LogP contribution in [0.1, 0.15) is 0 Å². The van der Waals surface area contributed by atoms with Gasteiger partial charge in [0, 0.05) is 26.2 Å². The van der Waals surface area contributed by atoms with Crippen LogP contribution < -0.4 is 0 Å². The molecule has 2 aromatic rings. The Morgan fingerprint density at radius 2 is 1.13 bits per heavy atom. The third-order valence-electron chi connectivity index (χ3n) is 2.11. The first-order chi connectivity index (χ1) is 7.20. The summed E-state index contributed by atoms with van der Waals surface area (Å²) in [5.41, 5.74) is 1.64. The highest BCUT2D eigenvalue weighted by Crippen LogP contribution is 2.37. The predicted octanol–water partition coefficient (Wildman–Crippen LogP) is 5.31. The van der Waals surface area contributed by atoms with E-state index in [1.165, 1.54) is 0 Å². The lowest BCUT2D eigenvalue weighted by molar-refractivity contribution is 1.61. The zero-order chi connectivity index (χ0) is 10.8. The average Bonchev–Trinajstić information content (AvgIpc) is 2.20. The van der Waals surface area contributed by atoms with Crippen molar-refractivity contribution >= 4 is 34.8 Å². The van der Waals surface area contributed by atoms with E-state index in [9.17, 15) is 0 Å². The number of hydrogen-bond donors (Lipinski definition) is 0. The molecule has 0 bridgehead atoms. The lowest BCUT2D eigenvalue weighted by Crippen LogP contribution is -1.82. The summed E-state index contributed by atoms with van der Waals surface area (Å²) >= 11 is 18.3. The molecule has 0 aliphatic heterocycles. The quantitative estimate of drug-likeness (QED) is 0.649. The van der Waals surface area contributed by atoms with Crippen molar-refractivity contribution in [3.05, 3.63) is 57.5 Å². The van der Waals surface area contributed by atoms with Crippen LogP contribution in [0.25, 0.3) is 11.1 Å². The van der Waals surface area contributed by atoms with Gasteiger partial charge in [-0.2, -0.15) is 0 Å². The third kappa shape index (κ3) is 2.12. The van der Waals surface area contributed by atoms with Crippen molar-refractivity contribution < 1.29 is 0 Å². The van der Waals surface area contributed by atoms with Gasteiger partial charge in [0.2, 0.25) is 0 Å². The topological polar surface area (TPSA) is 0 Å². The van der Waals surface area contributed by atoms with E-state index in [0.717, 1.165) is 11.1 Å². The first kappa shape index (κ1) is 10.8. The molecule has 2 aromatic carbocycles. The second kappa shape index (κ2) is 4.44. The van der Waals surface area contributed by atoms with Crippen LogP contribution in [0.4, 0.5) is 0 Å². The lowest BCUT2D eigenvalue weighted by Gasteiger charge is -2.08. The van der Waals surface area contributed by atoms with Crippen LogP contribution in [0.5, 0.6) is 0 Å². The van der Waals surface area contributed by atoms with Crippen molar-refractivity contribution in [2.45, 2.75) is 0 Å². The van der Waals surface area contributed by atoms with E-state index in [1.54, 1.807) is 12.1 Å². The molecule has 0 fully saturated rings. The summed E-state index contributed by atoms with van der Waals surface area (Å²) in [4.78, 5) is 0. The summed E-state index contributed by atoms with van der Waals surface area (Å²) in [7, 11) is 0. The summed E-state index contributed by atoms with van der Waals surface area (Å²) in [6.45, 7) is 0. The van der Waals surface area contributed by atoms with Gasteiger partial charge in [-0.3, -0.25) is 0 Å². The highest BCUT2D eigenvalue weighted by molar-refractivity contribution is 6.41. The van der Waals surface area contributed by atoms with Crippen LogP contribution in [-0.2, 0) is 0 Å². The molecule has 76 valence electrons. The van der Waals surface area contributed by atoms with E-state index in [0.29, 0.717) is 15.1 Å². The molecule has 0 amide bonds. The van der Waals surface area contributed by atoms with E-state index >= 15 is 0 Å². The molecular weight excluding hydrogens is 250 g/mol. The Kier molecular flexibility index (Phi) is 3.20. The Morgan fingerprint density at radius 1 is 0.600 bits per heavy atom. The summed E-state index contributed by atoms with van der Waals surface area (Å²) in [6, 6.07) is 12.9. The minimum absolute atomic E-state index is 0.607. The number of halogens is 3. The van der Waals surface area contributed by atoms with E-state index in [1.807, 2.05) is 30.3 Å². The Bertz CT molecular complexity index is 472. The fourth-order valence-corrected chi connectivity index (χ4v) is 2.25. The molecular formula is C12H7Cl3. The van der Waals surface area contributed by atoms with Gasteiger partial charge >= 0.3 is 0 Å². The van der Waals surface area contributed by atoms with E-state index in [-0.39, 0.29) is 0 Å².